The first-order chi connectivity index (χ1) is 7.56. The van der Waals surface area contributed by atoms with Crippen LogP contribution in [0.15, 0.2) is 0 Å². The van der Waals surface area contributed by atoms with Gasteiger partial charge in [-0.1, -0.05) is 58.3 Å². The Kier molecular flexibility index (Phi) is 17.5. The fraction of sp³-hybridized carbons (Fsp3) is 1.00. The number of phosphoric acid groups is 1. The van der Waals surface area contributed by atoms with Gasteiger partial charge in [0, 0.05) is 0 Å². The van der Waals surface area contributed by atoms with Gasteiger partial charge >= 0.3 is 51.4 Å². The van der Waals surface area contributed by atoms with E-state index in [1.165, 1.54) is 38.5 Å². The van der Waals surface area contributed by atoms with Crippen molar-refractivity contribution >= 4 is 7.82 Å². The smallest absolute Gasteiger partial charge is 0.790 e. The van der Waals surface area contributed by atoms with Crippen molar-refractivity contribution in [2.24, 2.45) is 0 Å². The summed E-state index contributed by atoms with van der Waals surface area (Å²) < 4.78 is 14.3. The van der Waals surface area contributed by atoms with Gasteiger partial charge in [-0.05, 0) is 6.42 Å². The molecule has 0 radical (unpaired) electrons. The summed E-state index contributed by atoms with van der Waals surface area (Å²) >= 11 is 0. The maximum atomic E-state index is 10.1. The molecule has 0 atom stereocenters. The summed E-state index contributed by atoms with van der Waals surface area (Å²) in [4.78, 5) is 20.2. The molecule has 0 aliphatic heterocycles. The predicted octanol–water partition coefficient (Wildman–Crippen LogP) is -0.633. The summed E-state index contributed by atoms with van der Waals surface area (Å²) in [7, 11) is -4.74. The third-order valence-corrected chi connectivity index (χ3v) is 3.00. The van der Waals surface area contributed by atoms with Crippen molar-refractivity contribution < 1.29 is 70.3 Å². The summed E-state index contributed by atoms with van der Waals surface area (Å²) in [6.45, 7) is 2.24. The third-order valence-electron chi connectivity index (χ3n) is 2.50. The average molecular weight is 289 g/mol. The average Bonchev–Trinajstić information content (AvgIpc) is 2.19. The van der Waals surface area contributed by atoms with Crippen LogP contribution in [0.3, 0.4) is 0 Å². The van der Waals surface area contributed by atoms with Crippen molar-refractivity contribution in [2.75, 3.05) is 6.61 Å². The van der Waals surface area contributed by atoms with Crippen LogP contribution >= 0.6 is 7.82 Å². The molecule has 0 bridgehead atoms. The molecular weight excluding hydrogens is 266 g/mol. The van der Waals surface area contributed by atoms with Gasteiger partial charge in [0.2, 0.25) is 0 Å². The summed E-state index contributed by atoms with van der Waals surface area (Å²) in [6.07, 6.45) is 10.3. The number of phosphoric ester groups is 1. The van der Waals surface area contributed by atoms with Gasteiger partial charge in [0.05, 0.1) is 14.4 Å². The zero-order chi connectivity index (χ0) is 12.3. The first-order valence-electron chi connectivity index (χ1n) is 6.23. The number of hydrogen-bond donors (Lipinski definition) is 0. The van der Waals surface area contributed by atoms with E-state index in [1.807, 2.05) is 0 Å². The molecule has 6 heteroatoms. The molecule has 0 saturated heterocycles. The minimum atomic E-state index is -4.74. The molecule has 0 amide bonds. The Bertz CT molecular complexity index is 196. The Morgan fingerprint density at radius 3 is 1.71 bits per heavy atom. The molecular formula is C11H23KO4P-. The van der Waals surface area contributed by atoms with Crippen molar-refractivity contribution in [2.45, 2.75) is 64.7 Å². The van der Waals surface area contributed by atoms with Crippen molar-refractivity contribution in [1.29, 1.82) is 0 Å². The van der Waals surface area contributed by atoms with Gasteiger partial charge in [0.25, 0.3) is 0 Å². The van der Waals surface area contributed by atoms with Gasteiger partial charge in [-0.25, -0.2) is 0 Å². The zero-order valence-corrected chi connectivity index (χ0v) is 15.2. The van der Waals surface area contributed by atoms with E-state index in [4.69, 9.17) is 0 Å². The molecule has 0 rings (SSSR count). The molecule has 98 valence electrons. The summed E-state index contributed by atoms with van der Waals surface area (Å²) in [5.41, 5.74) is 0. The van der Waals surface area contributed by atoms with E-state index in [-0.39, 0.29) is 58.0 Å². The molecule has 0 aromatic carbocycles. The number of hydrogen-bond acceptors (Lipinski definition) is 4. The van der Waals surface area contributed by atoms with E-state index in [1.54, 1.807) is 0 Å². The second-order valence-corrected chi connectivity index (χ2v) is 5.26. The predicted molar refractivity (Wildman–Crippen MR) is 60.8 cm³/mol. The van der Waals surface area contributed by atoms with Gasteiger partial charge in [0.1, 0.15) is 0 Å². The Hall–Kier alpha value is 1.75. The van der Waals surface area contributed by atoms with Crippen LogP contribution in [0, 0.1) is 0 Å². The molecule has 0 aliphatic carbocycles. The van der Waals surface area contributed by atoms with Gasteiger partial charge in [0.15, 0.2) is 0 Å². The topological polar surface area (TPSA) is 72.4 Å². The molecule has 0 aromatic heterocycles. The minimum Gasteiger partial charge on any atom is -0.790 e. The molecule has 0 saturated carbocycles. The van der Waals surface area contributed by atoms with Crippen molar-refractivity contribution in [3.8, 4) is 0 Å². The number of unbranched alkanes of at least 4 members (excludes halogenated alkanes) is 8. The van der Waals surface area contributed by atoms with E-state index in [9.17, 15) is 14.4 Å². The summed E-state index contributed by atoms with van der Waals surface area (Å²) in [5.74, 6) is 0. The van der Waals surface area contributed by atoms with Gasteiger partial charge in [-0.2, -0.15) is 0 Å². The first kappa shape index (κ1) is 21.1. The van der Waals surface area contributed by atoms with Crippen LogP contribution in [0.25, 0.3) is 0 Å². The van der Waals surface area contributed by atoms with E-state index in [0.29, 0.717) is 6.42 Å². The normalized spacial score (nSPS) is 11.2. The fourth-order valence-electron chi connectivity index (χ4n) is 1.59. The molecule has 0 unspecified atom stereocenters. The maximum Gasteiger partial charge on any atom is 1.00 e. The van der Waals surface area contributed by atoms with Crippen LogP contribution in [0.2, 0.25) is 0 Å². The van der Waals surface area contributed by atoms with Crippen LogP contribution in [0.1, 0.15) is 64.7 Å². The van der Waals surface area contributed by atoms with Gasteiger partial charge in [-0.15, -0.1) is 0 Å². The van der Waals surface area contributed by atoms with E-state index < -0.39 is 7.82 Å². The summed E-state index contributed by atoms with van der Waals surface area (Å²) in [6, 6.07) is 0. The summed E-state index contributed by atoms with van der Waals surface area (Å²) in [5, 5.41) is 0. The molecule has 0 heterocycles. The standard InChI is InChI=1S/C11H25O4P.K/c1-2-3-4-5-6-7-8-9-10-11-15-16(12,13)14;/h2-11H2,1H3,(H2,12,13,14);/q;+1/p-2. The third kappa shape index (κ3) is 20.2. The van der Waals surface area contributed by atoms with Crippen LogP contribution < -0.4 is 61.2 Å². The monoisotopic (exact) mass is 289 g/mol. The zero-order valence-electron chi connectivity index (χ0n) is 11.2. The SMILES string of the molecule is CCCCCCCCCCCOP(=O)([O-])[O-].[K+]. The van der Waals surface area contributed by atoms with Crippen molar-refractivity contribution in [3.05, 3.63) is 0 Å². The Morgan fingerprint density at radius 1 is 0.882 bits per heavy atom. The maximum absolute atomic E-state index is 10.1. The van der Waals surface area contributed by atoms with E-state index in [2.05, 4.69) is 11.4 Å². The van der Waals surface area contributed by atoms with Gasteiger partial charge in [-0.3, -0.25) is 0 Å². The molecule has 0 spiro atoms. The van der Waals surface area contributed by atoms with E-state index in [0.717, 1.165) is 12.8 Å². The van der Waals surface area contributed by atoms with Crippen molar-refractivity contribution in [3.63, 3.8) is 0 Å². The van der Waals surface area contributed by atoms with Crippen LogP contribution in [-0.4, -0.2) is 6.61 Å². The van der Waals surface area contributed by atoms with E-state index >= 15 is 0 Å². The van der Waals surface area contributed by atoms with Crippen LogP contribution in [0.5, 0.6) is 0 Å². The molecule has 0 fully saturated rings. The quantitative estimate of drug-likeness (QED) is 0.288. The minimum absolute atomic E-state index is 0. The molecule has 4 nitrogen and oxygen atoms in total. The Labute approximate surface area is 148 Å². The van der Waals surface area contributed by atoms with Crippen LogP contribution in [0.4, 0.5) is 0 Å². The Morgan fingerprint density at radius 2 is 1.29 bits per heavy atom. The largest absolute Gasteiger partial charge is 1.00 e. The second-order valence-electron chi connectivity index (χ2n) is 4.11. The number of rotatable bonds is 11. The molecule has 17 heavy (non-hydrogen) atoms. The molecule has 0 N–H and O–H groups in total. The Balaban J connectivity index is 0. The van der Waals surface area contributed by atoms with Crippen LogP contribution in [-0.2, 0) is 9.09 Å². The fourth-order valence-corrected chi connectivity index (χ4v) is 1.94. The second kappa shape index (κ2) is 14.2. The molecule has 0 aromatic rings. The van der Waals surface area contributed by atoms with Gasteiger partial charge < -0.3 is 18.9 Å². The first-order valence-corrected chi connectivity index (χ1v) is 7.69. The van der Waals surface area contributed by atoms with Crippen molar-refractivity contribution in [1.82, 2.24) is 0 Å². The molecule has 0 aliphatic rings.